The minimum atomic E-state index is -0.899. The van der Waals surface area contributed by atoms with Gasteiger partial charge in [0.05, 0.1) is 17.2 Å². The average molecular weight is 241 g/mol. The van der Waals surface area contributed by atoms with E-state index in [1.807, 2.05) is 20.8 Å². The maximum Gasteiger partial charge on any atom is 0.0668 e. The van der Waals surface area contributed by atoms with Crippen LogP contribution in [0.1, 0.15) is 53.4 Å². The van der Waals surface area contributed by atoms with Crippen molar-refractivity contribution in [1.82, 2.24) is 0 Å². The molecule has 0 aromatic heterocycles. The van der Waals surface area contributed by atoms with Crippen LogP contribution in [0.5, 0.6) is 0 Å². The summed E-state index contributed by atoms with van der Waals surface area (Å²) in [7, 11) is -0.899. The monoisotopic (exact) mass is 241 g/mol. The lowest BCUT2D eigenvalue weighted by Gasteiger charge is -2.35. The molecule has 16 heavy (non-hydrogen) atoms. The van der Waals surface area contributed by atoms with Gasteiger partial charge >= 0.3 is 0 Å². The van der Waals surface area contributed by atoms with Crippen molar-refractivity contribution in [2.45, 2.75) is 63.4 Å². The van der Waals surface area contributed by atoms with Crippen molar-refractivity contribution < 1.29 is 4.21 Å². The van der Waals surface area contributed by atoms with Crippen molar-refractivity contribution in [1.29, 1.82) is 5.26 Å². The second-order valence-electron chi connectivity index (χ2n) is 5.77. The van der Waals surface area contributed by atoms with Crippen molar-refractivity contribution in [2.24, 2.45) is 11.8 Å². The van der Waals surface area contributed by atoms with Crippen LogP contribution in [-0.2, 0) is 10.8 Å². The third kappa shape index (κ3) is 3.07. The fourth-order valence-electron chi connectivity index (χ4n) is 2.42. The molecule has 0 aliphatic heterocycles. The Morgan fingerprint density at radius 3 is 2.44 bits per heavy atom. The molecule has 1 aliphatic rings. The first-order valence-corrected chi connectivity index (χ1v) is 7.41. The van der Waals surface area contributed by atoms with Gasteiger partial charge in [-0.15, -0.1) is 0 Å². The molecule has 1 aliphatic carbocycles. The molecule has 0 spiro atoms. The van der Waals surface area contributed by atoms with Crippen molar-refractivity contribution in [3.63, 3.8) is 0 Å². The predicted octanol–water partition coefficient (Wildman–Crippen LogP) is 3.25. The molecule has 0 bridgehead atoms. The molecule has 3 heteroatoms. The lowest BCUT2D eigenvalue weighted by atomic mass is 9.81. The molecule has 1 saturated carbocycles. The molecule has 0 radical (unpaired) electrons. The van der Waals surface area contributed by atoms with Crippen molar-refractivity contribution in [3.05, 3.63) is 0 Å². The zero-order valence-corrected chi connectivity index (χ0v) is 11.6. The van der Waals surface area contributed by atoms with Crippen LogP contribution >= 0.6 is 0 Å². The molecule has 1 fully saturated rings. The topological polar surface area (TPSA) is 40.9 Å². The first kappa shape index (κ1) is 13.7. The summed E-state index contributed by atoms with van der Waals surface area (Å²) >= 11 is 0. The normalized spacial score (nSPS) is 33.1. The van der Waals surface area contributed by atoms with Crippen LogP contribution in [0, 0.1) is 23.2 Å². The number of nitrogens with zero attached hydrogens (tertiary/aromatic N) is 1. The Morgan fingerprint density at radius 1 is 1.38 bits per heavy atom. The van der Waals surface area contributed by atoms with Gasteiger partial charge in [0.2, 0.25) is 0 Å². The van der Waals surface area contributed by atoms with Gasteiger partial charge in [-0.05, 0) is 46.0 Å². The van der Waals surface area contributed by atoms with Crippen LogP contribution in [0.2, 0.25) is 0 Å². The third-order valence-electron chi connectivity index (χ3n) is 3.52. The molecule has 0 N–H and O–H groups in total. The summed E-state index contributed by atoms with van der Waals surface area (Å²) in [6.07, 6.45) is 4.18. The highest BCUT2D eigenvalue weighted by Crippen LogP contribution is 2.36. The average Bonchev–Trinajstić information content (AvgIpc) is 2.25. The Bertz CT molecular complexity index is 300. The van der Waals surface area contributed by atoms with Crippen LogP contribution in [0.15, 0.2) is 0 Å². The Kier molecular flexibility index (Phi) is 4.55. The molecule has 0 aromatic carbocycles. The van der Waals surface area contributed by atoms with E-state index in [4.69, 9.17) is 5.26 Å². The van der Waals surface area contributed by atoms with E-state index in [9.17, 15) is 4.21 Å². The SMILES string of the molecule is CCC1CCC(C#N)C(S(=O)C(C)(C)C)C1. The second kappa shape index (κ2) is 5.31. The maximum atomic E-state index is 12.4. The molecule has 0 aromatic rings. The highest BCUT2D eigenvalue weighted by Gasteiger charge is 2.38. The Morgan fingerprint density at radius 2 is 2.00 bits per heavy atom. The van der Waals surface area contributed by atoms with E-state index in [2.05, 4.69) is 13.0 Å². The molecule has 0 amide bonds. The summed E-state index contributed by atoms with van der Waals surface area (Å²) in [6, 6.07) is 2.36. The summed E-state index contributed by atoms with van der Waals surface area (Å²) in [5.41, 5.74) is 0. The Balaban J connectivity index is 2.81. The number of nitriles is 1. The van der Waals surface area contributed by atoms with E-state index in [0.29, 0.717) is 5.92 Å². The minimum Gasteiger partial charge on any atom is -0.259 e. The van der Waals surface area contributed by atoms with Crippen LogP contribution in [-0.4, -0.2) is 14.2 Å². The summed E-state index contributed by atoms with van der Waals surface area (Å²) < 4.78 is 12.2. The summed E-state index contributed by atoms with van der Waals surface area (Å²) in [5, 5.41) is 9.24. The number of hydrogen-bond donors (Lipinski definition) is 0. The summed E-state index contributed by atoms with van der Waals surface area (Å²) in [4.78, 5) is 0. The van der Waals surface area contributed by atoms with Gasteiger partial charge in [0.15, 0.2) is 0 Å². The first-order chi connectivity index (χ1) is 7.40. The van der Waals surface area contributed by atoms with E-state index >= 15 is 0 Å². The fraction of sp³-hybridized carbons (Fsp3) is 0.923. The van der Waals surface area contributed by atoms with E-state index < -0.39 is 10.8 Å². The zero-order valence-electron chi connectivity index (χ0n) is 10.8. The highest BCUT2D eigenvalue weighted by molar-refractivity contribution is 7.87. The van der Waals surface area contributed by atoms with Crippen LogP contribution in [0.4, 0.5) is 0 Å². The molecule has 92 valence electrons. The van der Waals surface area contributed by atoms with Gasteiger partial charge in [-0.25, -0.2) is 0 Å². The van der Waals surface area contributed by atoms with E-state index in [1.165, 1.54) is 0 Å². The number of rotatable bonds is 2. The van der Waals surface area contributed by atoms with Crippen molar-refractivity contribution >= 4 is 10.8 Å². The molecular formula is C13H23NOS. The smallest absolute Gasteiger partial charge is 0.0668 e. The second-order valence-corrected chi connectivity index (χ2v) is 8.20. The standard InChI is InChI=1S/C13H23NOS/c1-5-10-6-7-11(9-14)12(8-10)16(15)13(2,3)4/h10-12H,5-8H2,1-4H3. The minimum absolute atomic E-state index is 0.00265. The van der Waals surface area contributed by atoms with Gasteiger partial charge in [-0.3, -0.25) is 4.21 Å². The number of hydrogen-bond acceptors (Lipinski definition) is 2. The van der Waals surface area contributed by atoms with Crippen molar-refractivity contribution in [2.75, 3.05) is 0 Å². The summed E-state index contributed by atoms with van der Waals surface area (Å²) in [6.45, 7) is 8.21. The van der Waals surface area contributed by atoms with Crippen LogP contribution < -0.4 is 0 Å². The van der Waals surface area contributed by atoms with Gasteiger partial charge in [0.25, 0.3) is 0 Å². The van der Waals surface area contributed by atoms with Crippen LogP contribution in [0.3, 0.4) is 0 Å². The van der Waals surface area contributed by atoms with E-state index in [1.54, 1.807) is 0 Å². The van der Waals surface area contributed by atoms with Crippen LogP contribution in [0.25, 0.3) is 0 Å². The predicted molar refractivity (Wildman–Crippen MR) is 68.4 cm³/mol. The van der Waals surface area contributed by atoms with Gasteiger partial charge in [0, 0.05) is 15.5 Å². The lowest BCUT2D eigenvalue weighted by Crippen LogP contribution is -2.39. The van der Waals surface area contributed by atoms with Crippen molar-refractivity contribution in [3.8, 4) is 6.07 Å². The van der Waals surface area contributed by atoms with Gasteiger partial charge in [0.1, 0.15) is 0 Å². The Labute approximate surface area is 102 Å². The van der Waals surface area contributed by atoms with Gasteiger partial charge < -0.3 is 0 Å². The molecule has 4 unspecified atom stereocenters. The highest BCUT2D eigenvalue weighted by atomic mass is 32.2. The molecule has 0 saturated heterocycles. The molecule has 2 nitrogen and oxygen atoms in total. The van der Waals surface area contributed by atoms with Gasteiger partial charge in [-0.1, -0.05) is 13.3 Å². The molecule has 1 rings (SSSR count). The third-order valence-corrected chi connectivity index (χ3v) is 5.80. The largest absolute Gasteiger partial charge is 0.259 e. The Hall–Kier alpha value is -0.360. The molecule has 0 heterocycles. The molecular weight excluding hydrogens is 218 g/mol. The van der Waals surface area contributed by atoms with E-state index in [-0.39, 0.29) is 15.9 Å². The summed E-state index contributed by atoms with van der Waals surface area (Å²) in [5.74, 6) is 0.670. The lowest BCUT2D eigenvalue weighted by molar-refractivity contribution is 0.311. The van der Waals surface area contributed by atoms with E-state index in [0.717, 1.165) is 25.7 Å². The fourth-order valence-corrected chi connectivity index (χ4v) is 4.27. The molecule has 4 atom stereocenters. The zero-order chi connectivity index (χ0) is 12.3. The quantitative estimate of drug-likeness (QED) is 0.744. The van der Waals surface area contributed by atoms with Gasteiger partial charge in [-0.2, -0.15) is 5.26 Å². The first-order valence-electron chi connectivity index (χ1n) is 6.20. The maximum absolute atomic E-state index is 12.4.